The standard InChI is InChI=1S/C22H16F3N5O3/c1-12(22(23,24)25)32-18-6-5-13(9-14(18)10-26)21-28-20(29-33-21)16-3-2-4-17-15(16)7-8-30(17)11-19(27)31/h2-9,12H,11H2,1H3,(H2,27,31). The summed E-state index contributed by atoms with van der Waals surface area (Å²) < 4.78 is 50.3. The molecular formula is C22H16F3N5O3. The van der Waals surface area contributed by atoms with E-state index in [2.05, 4.69) is 10.1 Å². The second-order valence-corrected chi connectivity index (χ2v) is 7.20. The van der Waals surface area contributed by atoms with Gasteiger partial charge in [0, 0.05) is 28.2 Å². The Morgan fingerprint density at radius 1 is 1.30 bits per heavy atom. The minimum Gasteiger partial charge on any atom is -0.480 e. The topological polar surface area (TPSA) is 120 Å². The third-order valence-electron chi connectivity index (χ3n) is 4.92. The average molecular weight is 455 g/mol. The normalized spacial score (nSPS) is 12.5. The highest BCUT2D eigenvalue weighted by Gasteiger charge is 2.38. The Bertz CT molecular complexity index is 1380. The van der Waals surface area contributed by atoms with Crippen molar-refractivity contribution in [2.45, 2.75) is 25.7 Å². The largest absolute Gasteiger partial charge is 0.480 e. The van der Waals surface area contributed by atoms with Crippen LogP contribution in [0.3, 0.4) is 0 Å². The Hall–Kier alpha value is -4.33. The first-order chi connectivity index (χ1) is 15.7. The fourth-order valence-corrected chi connectivity index (χ4v) is 3.28. The number of fused-ring (bicyclic) bond motifs is 1. The number of amides is 1. The van der Waals surface area contributed by atoms with E-state index in [-0.39, 0.29) is 29.6 Å². The number of nitrogens with zero attached hydrogens (tertiary/aromatic N) is 4. The van der Waals surface area contributed by atoms with Crippen molar-refractivity contribution in [3.8, 4) is 34.7 Å². The number of rotatable bonds is 6. The van der Waals surface area contributed by atoms with Gasteiger partial charge >= 0.3 is 6.18 Å². The molecule has 0 fully saturated rings. The molecule has 1 unspecified atom stereocenters. The zero-order valence-corrected chi connectivity index (χ0v) is 17.1. The lowest BCUT2D eigenvalue weighted by Crippen LogP contribution is -2.31. The molecule has 4 rings (SSSR count). The summed E-state index contributed by atoms with van der Waals surface area (Å²) in [5.74, 6) is -0.348. The number of halogens is 3. The Balaban J connectivity index is 1.66. The van der Waals surface area contributed by atoms with Crippen molar-refractivity contribution >= 4 is 16.8 Å². The number of nitrogens with two attached hydrogens (primary N) is 1. The van der Waals surface area contributed by atoms with Crippen molar-refractivity contribution in [2.24, 2.45) is 5.73 Å². The lowest BCUT2D eigenvalue weighted by Gasteiger charge is -2.18. The summed E-state index contributed by atoms with van der Waals surface area (Å²) in [6.45, 7) is 0.874. The van der Waals surface area contributed by atoms with Gasteiger partial charge in [0.25, 0.3) is 5.89 Å². The molecule has 2 aromatic carbocycles. The summed E-state index contributed by atoms with van der Waals surface area (Å²) in [5, 5.41) is 14.1. The summed E-state index contributed by atoms with van der Waals surface area (Å²) in [6, 6.07) is 13.0. The number of carbonyl (C=O) groups excluding carboxylic acids is 1. The number of carbonyl (C=O) groups is 1. The lowest BCUT2D eigenvalue weighted by atomic mass is 10.1. The van der Waals surface area contributed by atoms with E-state index in [9.17, 15) is 23.2 Å². The smallest absolute Gasteiger partial charge is 0.425 e. The Morgan fingerprint density at radius 2 is 2.09 bits per heavy atom. The maximum absolute atomic E-state index is 12.8. The van der Waals surface area contributed by atoms with Crippen LogP contribution in [-0.2, 0) is 11.3 Å². The quantitative estimate of drug-likeness (QED) is 0.468. The molecule has 168 valence electrons. The van der Waals surface area contributed by atoms with E-state index >= 15 is 0 Å². The maximum atomic E-state index is 12.8. The highest BCUT2D eigenvalue weighted by molar-refractivity contribution is 5.94. The van der Waals surface area contributed by atoms with E-state index in [1.807, 2.05) is 12.1 Å². The van der Waals surface area contributed by atoms with Crippen molar-refractivity contribution in [3.05, 3.63) is 54.2 Å². The summed E-state index contributed by atoms with van der Waals surface area (Å²) >= 11 is 0. The van der Waals surface area contributed by atoms with Crippen LogP contribution in [-0.4, -0.2) is 32.9 Å². The third-order valence-corrected chi connectivity index (χ3v) is 4.92. The molecule has 0 spiro atoms. The number of ether oxygens (including phenoxy) is 1. The van der Waals surface area contributed by atoms with Crippen molar-refractivity contribution in [1.82, 2.24) is 14.7 Å². The number of primary amides is 1. The number of nitriles is 1. The molecule has 0 saturated carbocycles. The Labute approximate surface area is 185 Å². The van der Waals surface area contributed by atoms with Gasteiger partial charge in [-0.2, -0.15) is 23.4 Å². The monoisotopic (exact) mass is 455 g/mol. The highest BCUT2D eigenvalue weighted by Crippen LogP contribution is 2.32. The van der Waals surface area contributed by atoms with Crippen LogP contribution in [0.2, 0.25) is 0 Å². The highest BCUT2D eigenvalue weighted by atomic mass is 19.4. The van der Waals surface area contributed by atoms with E-state index in [0.29, 0.717) is 11.1 Å². The van der Waals surface area contributed by atoms with Crippen molar-refractivity contribution < 1.29 is 27.2 Å². The predicted octanol–water partition coefficient (Wildman–Crippen LogP) is 4.04. The molecule has 33 heavy (non-hydrogen) atoms. The molecule has 11 heteroatoms. The fourth-order valence-electron chi connectivity index (χ4n) is 3.28. The molecule has 0 saturated heterocycles. The third kappa shape index (κ3) is 4.36. The zero-order chi connectivity index (χ0) is 23.8. The van der Waals surface area contributed by atoms with Crippen LogP contribution in [0.5, 0.6) is 5.75 Å². The molecule has 1 amide bonds. The van der Waals surface area contributed by atoms with Gasteiger partial charge in [0.15, 0.2) is 6.10 Å². The van der Waals surface area contributed by atoms with Gasteiger partial charge in [-0.25, -0.2) is 0 Å². The molecule has 1 atom stereocenters. The summed E-state index contributed by atoms with van der Waals surface area (Å²) in [5.41, 5.74) is 6.93. The van der Waals surface area contributed by atoms with Crippen molar-refractivity contribution in [2.75, 3.05) is 0 Å². The number of alkyl halides is 3. The van der Waals surface area contributed by atoms with E-state index in [1.54, 1.807) is 29.0 Å². The molecule has 0 aliphatic rings. The van der Waals surface area contributed by atoms with Crippen LogP contribution in [0, 0.1) is 11.3 Å². The van der Waals surface area contributed by atoms with Gasteiger partial charge in [-0.15, -0.1) is 0 Å². The molecule has 2 aromatic heterocycles. The van der Waals surface area contributed by atoms with Gasteiger partial charge in [0.05, 0.1) is 5.56 Å². The van der Waals surface area contributed by atoms with Gasteiger partial charge in [-0.3, -0.25) is 4.79 Å². The molecule has 0 bridgehead atoms. The summed E-state index contributed by atoms with van der Waals surface area (Å²) in [7, 11) is 0. The summed E-state index contributed by atoms with van der Waals surface area (Å²) in [4.78, 5) is 15.7. The summed E-state index contributed by atoms with van der Waals surface area (Å²) in [6.07, 6.45) is -4.92. The number of hydrogen-bond acceptors (Lipinski definition) is 6. The molecule has 0 aliphatic carbocycles. The number of hydrogen-bond donors (Lipinski definition) is 1. The van der Waals surface area contributed by atoms with Crippen LogP contribution in [0.25, 0.3) is 33.7 Å². The minimum atomic E-state index is -4.57. The van der Waals surface area contributed by atoms with E-state index in [0.717, 1.165) is 17.8 Å². The molecule has 0 aliphatic heterocycles. The molecule has 8 nitrogen and oxygen atoms in total. The second-order valence-electron chi connectivity index (χ2n) is 7.20. The van der Waals surface area contributed by atoms with Crippen LogP contribution in [0.15, 0.2) is 53.2 Å². The van der Waals surface area contributed by atoms with Gasteiger partial charge in [-0.05, 0) is 37.3 Å². The fraction of sp³-hybridized carbons (Fsp3) is 0.182. The first-order valence-corrected chi connectivity index (χ1v) is 9.65. The van der Waals surface area contributed by atoms with Crippen LogP contribution >= 0.6 is 0 Å². The van der Waals surface area contributed by atoms with Gasteiger partial charge < -0.3 is 19.6 Å². The Morgan fingerprint density at radius 3 is 2.79 bits per heavy atom. The first-order valence-electron chi connectivity index (χ1n) is 9.65. The molecule has 2 heterocycles. The van der Waals surface area contributed by atoms with Gasteiger partial charge in [0.2, 0.25) is 11.7 Å². The molecule has 4 aromatic rings. The van der Waals surface area contributed by atoms with Gasteiger partial charge in [0.1, 0.15) is 18.4 Å². The zero-order valence-electron chi connectivity index (χ0n) is 17.1. The predicted molar refractivity (Wildman–Crippen MR) is 111 cm³/mol. The molecular weight excluding hydrogens is 439 g/mol. The maximum Gasteiger partial charge on any atom is 0.425 e. The Kier molecular flexibility index (Phi) is 5.51. The first kappa shape index (κ1) is 21.9. The van der Waals surface area contributed by atoms with E-state index in [4.69, 9.17) is 15.0 Å². The van der Waals surface area contributed by atoms with Crippen molar-refractivity contribution in [1.29, 1.82) is 5.26 Å². The van der Waals surface area contributed by atoms with Gasteiger partial charge in [-0.1, -0.05) is 17.3 Å². The lowest BCUT2D eigenvalue weighted by molar-refractivity contribution is -0.189. The van der Waals surface area contributed by atoms with Crippen LogP contribution in [0.1, 0.15) is 12.5 Å². The van der Waals surface area contributed by atoms with Crippen LogP contribution < -0.4 is 10.5 Å². The SMILES string of the molecule is CC(Oc1ccc(-c2nc(-c3cccc4c3ccn4CC(N)=O)no2)cc1C#N)C(F)(F)F. The second kappa shape index (κ2) is 8.31. The van der Waals surface area contributed by atoms with E-state index < -0.39 is 18.2 Å². The van der Waals surface area contributed by atoms with Crippen LogP contribution in [0.4, 0.5) is 13.2 Å². The molecule has 2 N–H and O–H groups in total. The minimum absolute atomic E-state index is 0.0166. The average Bonchev–Trinajstić information content (AvgIpc) is 3.41. The van der Waals surface area contributed by atoms with Crippen molar-refractivity contribution in [3.63, 3.8) is 0 Å². The van der Waals surface area contributed by atoms with E-state index in [1.165, 1.54) is 18.2 Å². The molecule has 0 radical (unpaired) electrons. The number of benzene rings is 2. The number of aromatic nitrogens is 3.